The average molecular weight is 287 g/mol. The largest absolute Gasteiger partial charge is 0.313 e. The zero-order valence-electron chi connectivity index (χ0n) is 11.9. The summed E-state index contributed by atoms with van der Waals surface area (Å²) in [5, 5.41) is 6.84. The molecule has 0 amide bonds. The van der Waals surface area contributed by atoms with Crippen LogP contribution in [0.3, 0.4) is 0 Å². The number of aromatic nitrogens is 1. The lowest BCUT2D eigenvalue weighted by atomic mass is 10.2. The third kappa shape index (κ3) is 3.45. The first-order chi connectivity index (χ1) is 9.81. The van der Waals surface area contributed by atoms with Gasteiger partial charge in [0.2, 0.25) is 0 Å². The summed E-state index contributed by atoms with van der Waals surface area (Å²) < 4.78 is 0. The Balaban J connectivity index is 1.59. The molecule has 1 aliphatic rings. The third-order valence-electron chi connectivity index (χ3n) is 3.70. The van der Waals surface area contributed by atoms with E-state index < -0.39 is 0 Å². The van der Waals surface area contributed by atoms with Crippen LogP contribution in [0.25, 0.3) is 10.6 Å². The summed E-state index contributed by atoms with van der Waals surface area (Å²) in [4.78, 5) is 7.12. The lowest BCUT2D eigenvalue weighted by Crippen LogP contribution is -2.35. The Kier molecular flexibility index (Phi) is 4.45. The fourth-order valence-electron chi connectivity index (χ4n) is 2.72. The Morgan fingerprint density at radius 3 is 2.95 bits per heavy atom. The van der Waals surface area contributed by atoms with Crippen molar-refractivity contribution in [2.75, 3.05) is 20.1 Å². The number of likely N-dealkylation sites (N-methyl/N-ethyl adjacent to an activating group) is 1. The Hall–Kier alpha value is -1.23. The number of benzene rings is 1. The first-order valence-electron chi connectivity index (χ1n) is 7.23. The molecule has 3 nitrogen and oxygen atoms in total. The number of hydrogen-bond donors (Lipinski definition) is 1. The second kappa shape index (κ2) is 6.48. The summed E-state index contributed by atoms with van der Waals surface area (Å²) in [5.74, 6) is 0. The van der Waals surface area contributed by atoms with E-state index in [4.69, 9.17) is 4.98 Å². The van der Waals surface area contributed by atoms with Gasteiger partial charge in [-0.05, 0) is 26.4 Å². The van der Waals surface area contributed by atoms with Crippen LogP contribution in [0.4, 0.5) is 0 Å². The van der Waals surface area contributed by atoms with E-state index in [0.717, 1.165) is 18.1 Å². The summed E-state index contributed by atoms with van der Waals surface area (Å²) in [7, 11) is 2.18. The van der Waals surface area contributed by atoms with Crippen LogP contribution in [0.1, 0.15) is 18.5 Å². The minimum atomic E-state index is 0.659. The van der Waals surface area contributed by atoms with Crippen molar-refractivity contribution in [1.29, 1.82) is 0 Å². The smallest absolute Gasteiger partial charge is 0.123 e. The summed E-state index contributed by atoms with van der Waals surface area (Å²) in [6, 6.07) is 11.1. The molecule has 20 heavy (non-hydrogen) atoms. The molecule has 1 saturated heterocycles. The minimum absolute atomic E-state index is 0.659. The lowest BCUT2D eigenvalue weighted by molar-refractivity contribution is 0.291. The van der Waals surface area contributed by atoms with Gasteiger partial charge in [-0.3, -0.25) is 4.90 Å². The minimum Gasteiger partial charge on any atom is -0.313 e. The van der Waals surface area contributed by atoms with Gasteiger partial charge in [0.15, 0.2) is 0 Å². The monoisotopic (exact) mass is 287 g/mol. The standard InChI is InChI=1S/C16H21N3S/c1-19(10-14-8-5-9-17-14)11-15-12-20-16(18-15)13-6-3-2-4-7-13/h2-4,6-7,12,14,17H,5,8-11H2,1H3. The highest BCUT2D eigenvalue weighted by Crippen LogP contribution is 2.23. The van der Waals surface area contributed by atoms with Gasteiger partial charge < -0.3 is 5.32 Å². The molecule has 0 spiro atoms. The van der Waals surface area contributed by atoms with Gasteiger partial charge in [0.25, 0.3) is 0 Å². The molecular formula is C16H21N3S. The SMILES string of the molecule is CN(Cc1csc(-c2ccccc2)n1)CC1CCCN1. The Morgan fingerprint density at radius 2 is 2.20 bits per heavy atom. The second-order valence-corrected chi connectivity index (χ2v) is 6.36. The quantitative estimate of drug-likeness (QED) is 0.916. The van der Waals surface area contributed by atoms with Crippen LogP contribution in [0.2, 0.25) is 0 Å². The fraction of sp³-hybridized carbons (Fsp3) is 0.438. The van der Waals surface area contributed by atoms with Gasteiger partial charge >= 0.3 is 0 Å². The van der Waals surface area contributed by atoms with Crippen LogP contribution in [-0.4, -0.2) is 36.1 Å². The van der Waals surface area contributed by atoms with Crippen LogP contribution < -0.4 is 5.32 Å². The van der Waals surface area contributed by atoms with Crippen molar-refractivity contribution in [3.8, 4) is 10.6 Å². The van der Waals surface area contributed by atoms with Crippen molar-refractivity contribution in [2.45, 2.75) is 25.4 Å². The molecule has 1 unspecified atom stereocenters. The highest BCUT2D eigenvalue weighted by Gasteiger charge is 2.16. The molecule has 4 heteroatoms. The molecule has 3 rings (SSSR count). The van der Waals surface area contributed by atoms with E-state index in [9.17, 15) is 0 Å². The average Bonchev–Trinajstić information content (AvgIpc) is 3.11. The van der Waals surface area contributed by atoms with Crippen molar-refractivity contribution in [3.63, 3.8) is 0 Å². The first-order valence-corrected chi connectivity index (χ1v) is 8.11. The van der Waals surface area contributed by atoms with Crippen molar-refractivity contribution < 1.29 is 0 Å². The van der Waals surface area contributed by atoms with Crippen LogP contribution >= 0.6 is 11.3 Å². The molecule has 0 bridgehead atoms. The number of nitrogens with zero attached hydrogens (tertiary/aromatic N) is 2. The zero-order valence-corrected chi connectivity index (χ0v) is 12.7. The Labute approximate surface area is 124 Å². The molecule has 1 aliphatic heterocycles. The molecule has 2 aromatic rings. The zero-order chi connectivity index (χ0) is 13.8. The van der Waals surface area contributed by atoms with E-state index in [1.807, 2.05) is 6.07 Å². The van der Waals surface area contributed by atoms with Gasteiger partial charge in [-0.15, -0.1) is 11.3 Å². The molecule has 1 atom stereocenters. The van der Waals surface area contributed by atoms with Gasteiger partial charge in [0.05, 0.1) is 5.69 Å². The summed E-state index contributed by atoms with van der Waals surface area (Å²) in [6.45, 7) is 3.22. The Morgan fingerprint density at radius 1 is 1.35 bits per heavy atom. The van der Waals surface area contributed by atoms with Crippen LogP contribution in [-0.2, 0) is 6.54 Å². The summed E-state index contributed by atoms with van der Waals surface area (Å²) in [6.07, 6.45) is 2.62. The molecule has 1 aromatic carbocycles. The predicted molar refractivity (Wildman–Crippen MR) is 84.9 cm³/mol. The first kappa shape index (κ1) is 13.7. The van der Waals surface area contributed by atoms with E-state index in [-0.39, 0.29) is 0 Å². The molecule has 0 aliphatic carbocycles. The number of rotatable bonds is 5. The van der Waals surface area contributed by atoms with Gasteiger partial charge in [-0.25, -0.2) is 4.98 Å². The van der Waals surface area contributed by atoms with Crippen molar-refractivity contribution in [3.05, 3.63) is 41.4 Å². The molecule has 1 aromatic heterocycles. The maximum absolute atomic E-state index is 4.75. The number of thiazole rings is 1. The summed E-state index contributed by atoms with van der Waals surface area (Å²) in [5.41, 5.74) is 2.39. The van der Waals surface area contributed by atoms with E-state index in [2.05, 4.69) is 46.9 Å². The maximum Gasteiger partial charge on any atom is 0.123 e. The van der Waals surface area contributed by atoms with Gasteiger partial charge in [0, 0.05) is 30.1 Å². The Bertz CT molecular complexity index is 532. The third-order valence-corrected chi connectivity index (χ3v) is 4.64. The molecule has 0 saturated carbocycles. The normalized spacial score (nSPS) is 18.8. The molecule has 2 heterocycles. The lowest BCUT2D eigenvalue weighted by Gasteiger charge is -2.19. The van der Waals surface area contributed by atoms with Crippen molar-refractivity contribution in [1.82, 2.24) is 15.2 Å². The van der Waals surface area contributed by atoms with Crippen molar-refractivity contribution in [2.24, 2.45) is 0 Å². The maximum atomic E-state index is 4.75. The van der Waals surface area contributed by atoms with Gasteiger partial charge in [-0.2, -0.15) is 0 Å². The second-order valence-electron chi connectivity index (χ2n) is 5.50. The summed E-state index contributed by atoms with van der Waals surface area (Å²) >= 11 is 1.73. The predicted octanol–water partition coefficient (Wildman–Crippen LogP) is 2.99. The van der Waals surface area contributed by atoms with E-state index >= 15 is 0 Å². The van der Waals surface area contributed by atoms with Crippen LogP contribution in [0, 0.1) is 0 Å². The number of hydrogen-bond acceptors (Lipinski definition) is 4. The van der Waals surface area contributed by atoms with E-state index in [1.165, 1.54) is 30.6 Å². The van der Waals surface area contributed by atoms with Gasteiger partial charge in [0.1, 0.15) is 5.01 Å². The topological polar surface area (TPSA) is 28.2 Å². The molecule has 1 N–H and O–H groups in total. The van der Waals surface area contributed by atoms with Gasteiger partial charge in [-0.1, -0.05) is 30.3 Å². The highest BCUT2D eigenvalue weighted by molar-refractivity contribution is 7.13. The van der Waals surface area contributed by atoms with E-state index in [0.29, 0.717) is 6.04 Å². The fourth-order valence-corrected chi connectivity index (χ4v) is 3.54. The van der Waals surface area contributed by atoms with E-state index in [1.54, 1.807) is 11.3 Å². The molecule has 106 valence electrons. The molecular weight excluding hydrogens is 266 g/mol. The van der Waals surface area contributed by atoms with Crippen LogP contribution in [0.15, 0.2) is 35.7 Å². The number of nitrogens with one attached hydrogen (secondary N) is 1. The highest BCUT2D eigenvalue weighted by atomic mass is 32.1. The molecule has 1 fully saturated rings. The van der Waals surface area contributed by atoms with Crippen molar-refractivity contribution >= 4 is 11.3 Å². The molecule has 0 radical (unpaired) electrons. The van der Waals surface area contributed by atoms with Crippen LogP contribution in [0.5, 0.6) is 0 Å².